The van der Waals surface area contributed by atoms with Crippen LogP contribution in [0, 0.1) is 5.92 Å². The molecule has 1 unspecified atom stereocenters. The van der Waals surface area contributed by atoms with Crippen LogP contribution in [-0.2, 0) is 4.74 Å². The van der Waals surface area contributed by atoms with Gasteiger partial charge in [0.25, 0.3) is 0 Å². The predicted octanol–water partition coefficient (Wildman–Crippen LogP) is 2.10. The lowest BCUT2D eigenvalue weighted by Crippen LogP contribution is -2.37. The van der Waals surface area contributed by atoms with E-state index in [1.54, 1.807) is 19.6 Å². The average Bonchev–Trinajstić information content (AvgIpc) is 2.30. The number of hydrogen-bond donors (Lipinski definition) is 0. The molecule has 1 aromatic heterocycles. The molecule has 0 amide bonds. The van der Waals surface area contributed by atoms with E-state index in [0.717, 1.165) is 30.0 Å². The highest BCUT2D eigenvalue weighted by Gasteiger charge is 2.22. The molecule has 0 spiro atoms. The summed E-state index contributed by atoms with van der Waals surface area (Å²) in [6.45, 7) is 2.92. The molecule has 0 aromatic carbocycles. The van der Waals surface area contributed by atoms with E-state index in [-0.39, 0.29) is 0 Å². The molecule has 5 heteroatoms. The maximum absolute atomic E-state index is 5.22. The van der Waals surface area contributed by atoms with Crippen LogP contribution in [0.2, 0.25) is 0 Å². The third kappa shape index (κ3) is 2.71. The van der Waals surface area contributed by atoms with E-state index >= 15 is 0 Å². The highest BCUT2D eigenvalue weighted by atomic mass is 79.9. The largest absolute Gasteiger partial charge is 0.384 e. The van der Waals surface area contributed by atoms with Gasteiger partial charge >= 0.3 is 0 Å². The molecule has 0 N–H and O–H groups in total. The van der Waals surface area contributed by atoms with Gasteiger partial charge in [-0.2, -0.15) is 0 Å². The number of methoxy groups -OCH3 is 1. The summed E-state index contributed by atoms with van der Waals surface area (Å²) in [4.78, 5) is 10.6. The molecule has 0 radical (unpaired) electrons. The van der Waals surface area contributed by atoms with Crippen molar-refractivity contribution < 1.29 is 4.74 Å². The quantitative estimate of drug-likeness (QED) is 0.853. The molecule has 1 aliphatic heterocycles. The maximum Gasteiger partial charge on any atom is 0.146 e. The number of anilines is 1. The fourth-order valence-electron chi connectivity index (χ4n) is 2.17. The number of rotatable bonds is 3. The van der Waals surface area contributed by atoms with Crippen LogP contribution in [0.4, 0.5) is 5.82 Å². The second-order valence-corrected chi connectivity index (χ2v) is 4.96. The summed E-state index contributed by atoms with van der Waals surface area (Å²) in [5.74, 6) is 1.61. The lowest BCUT2D eigenvalue weighted by Gasteiger charge is -2.33. The van der Waals surface area contributed by atoms with Crippen molar-refractivity contribution in [3.63, 3.8) is 0 Å². The Morgan fingerprint density at radius 2 is 2.50 bits per heavy atom. The van der Waals surface area contributed by atoms with Gasteiger partial charge in [0.1, 0.15) is 12.1 Å². The molecule has 1 aliphatic rings. The van der Waals surface area contributed by atoms with Gasteiger partial charge in [0.15, 0.2) is 0 Å². The highest BCUT2D eigenvalue weighted by Crippen LogP contribution is 2.27. The molecule has 2 heterocycles. The van der Waals surface area contributed by atoms with Crippen molar-refractivity contribution in [1.29, 1.82) is 0 Å². The lowest BCUT2D eigenvalue weighted by atomic mass is 9.99. The number of ether oxygens (including phenoxy) is 1. The number of nitrogens with zero attached hydrogens (tertiary/aromatic N) is 3. The third-order valence-electron chi connectivity index (χ3n) is 2.87. The van der Waals surface area contributed by atoms with Gasteiger partial charge in [-0.05, 0) is 34.7 Å². The lowest BCUT2D eigenvalue weighted by molar-refractivity contribution is 0.143. The van der Waals surface area contributed by atoms with Crippen molar-refractivity contribution in [3.05, 3.63) is 17.0 Å². The monoisotopic (exact) mass is 285 g/mol. The molecule has 2 rings (SSSR count). The molecule has 4 nitrogen and oxygen atoms in total. The van der Waals surface area contributed by atoms with E-state index in [9.17, 15) is 0 Å². The maximum atomic E-state index is 5.22. The Bertz CT molecular complexity index is 346. The Hall–Kier alpha value is -0.680. The molecular formula is C11H16BrN3O. The zero-order chi connectivity index (χ0) is 11.4. The van der Waals surface area contributed by atoms with Crippen LogP contribution in [0.5, 0.6) is 0 Å². The topological polar surface area (TPSA) is 38.2 Å². The zero-order valence-corrected chi connectivity index (χ0v) is 11.0. The average molecular weight is 286 g/mol. The summed E-state index contributed by atoms with van der Waals surface area (Å²) >= 11 is 3.49. The molecule has 0 bridgehead atoms. The minimum atomic E-state index is 0.612. The summed E-state index contributed by atoms with van der Waals surface area (Å²) in [7, 11) is 1.76. The second-order valence-electron chi connectivity index (χ2n) is 4.10. The van der Waals surface area contributed by atoms with E-state index in [1.165, 1.54) is 12.8 Å². The Kier molecular flexibility index (Phi) is 4.12. The van der Waals surface area contributed by atoms with Crippen LogP contribution in [0.1, 0.15) is 12.8 Å². The van der Waals surface area contributed by atoms with E-state index in [1.807, 2.05) is 0 Å². The van der Waals surface area contributed by atoms with E-state index < -0.39 is 0 Å². The Balaban J connectivity index is 2.07. The van der Waals surface area contributed by atoms with Crippen LogP contribution in [-0.4, -0.2) is 36.8 Å². The van der Waals surface area contributed by atoms with Gasteiger partial charge in [-0.15, -0.1) is 0 Å². The fourth-order valence-corrected chi connectivity index (χ4v) is 2.64. The van der Waals surface area contributed by atoms with E-state index in [4.69, 9.17) is 4.74 Å². The van der Waals surface area contributed by atoms with Gasteiger partial charge in [-0.3, -0.25) is 0 Å². The summed E-state index contributed by atoms with van der Waals surface area (Å²) in [6.07, 6.45) is 5.83. The summed E-state index contributed by atoms with van der Waals surface area (Å²) in [5, 5.41) is 0. The van der Waals surface area contributed by atoms with Gasteiger partial charge in [0.05, 0.1) is 11.1 Å². The third-order valence-corrected chi connectivity index (χ3v) is 3.43. The number of hydrogen-bond acceptors (Lipinski definition) is 4. The summed E-state index contributed by atoms with van der Waals surface area (Å²) in [6, 6.07) is 0. The molecule has 16 heavy (non-hydrogen) atoms. The molecule has 1 fully saturated rings. The first-order chi connectivity index (χ1) is 7.81. The van der Waals surface area contributed by atoms with Crippen LogP contribution in [0.15, 0.2) is 17.0 Å². The standard InChI is InChI=1S/C11H16BrN3O/c1-16-7-9-3-2-4-15(6-9)11-10(12)5-13-8-14-11/h5,8-9H,2-4,6-7H2,1H3. The predicted molar refractivity (Wildman–Crippen MR) is 66.5 cm³/mol. The van der Waals surface area contributed by atoms with Gasteiger partial charge in [-0.25, -0.2) is 9.97 Å². The van der Waals surface area contributed by atoms with Crippen LogP contribution < -0.4 is 4.90 Å². The van der Waals surface area contributed by atoms with Crippen LogP contribution >= 0.6 is 15.9 Å². The highest BCUT2D eigenvalue weighted by molar-refractivity contribution is 9.10. The minimum absolute atomic E-state index is 0.612. The Morgan fingerprint density at radius 1 is 1.62 bits per heavy atom. The van der Waals surface area contributed by atoms with Gasteiger partial charge in [-0.1, -0.05) is 0 Å². The van der Waals surface area contributed by atoms with Crippen molar-refractivity contribution in [2.75, 3.05) is 31.7 Å². The van der Waals surface area contributed by atoms with Crippen molar-refractivity contribution in [2.45, 2.75) is 12.8 Å². The fraction of sp³-hybridized carbons (Fsp3) is 0.636. The SMILES string of the molecule is COCC1CCCN(c2ncncc2Br)C1. The van der Waals surface area contributed by atoms with Crippen molar-refractivity contribution >= 4 is 21.7 Å². The van der Waals surface area contributed by atoms with Crippen molar-refractivity contribution in [2.24, 2.45) is 5.92 Å². The Labute approximate surface area is 104 Å². The molecular weight excluding hydrogens is 270 g/mol. The van der Waals surface area contributed by atoms with E-state index in [0.29, 0.717) is 5.92 Å². The number of halogens is 1. The first-order valence-corrected chi connectivity index (χ1v) is 6.30. The number of piperidine rings is 1. The summed E-state index contributed by atoms with van der Waals surface area (Å²) in [5.41, 5.74) is 0. The Morgan fingerprint density at radius 3 is 3.25 bits per heavy atom. The van der Waals surface area contributed by atoms with Gasteiger partial charge in [0.2, 0.25) is 0 Å². The smallest absolute Gasteiger partial charge is 0.146 e. The van der Waals surface area contributed by atoms with Crippen LogP contribution in [0.25, 0.3) is 0 Å². The van der Waals surface area contributed by atoms with Crippen molar-refractivity contribution in [1.82, 2.24) is 9.97 Å². The zero-order valence-electron chi connectivity index (χ0n) is 9.40. The second kappa shape index (κ2) is 5.59. The van der Waals surface area contributed by atoms with Crippen molar-refractivity contribution in [3.8, 4) is 0 Å². The molecule has 0 aliphatic carbocycles. The minimum Gasteiger partial charge on any atom is -0.384 e. The normalized spacial score (nSPS) is 21.1. The molecule has 1 atom stereocenters. The summed E-state index contributed by atoms with van der Waals surface area (Å²) < 4.78 is 6.19. The molecule has 0 saturated carbocycles. The number of aromatic nitrogens is 2. The van der Waals surface area contributed by atoms with E-state index in [2.05, 4.69) is 30.8 Å². The first-order valence-electron chi connectivity index (χ1n) is 5.50. The molecule has 1 saturated heterocycles. The first kappa shape index (κ1) is 11.8. The molecule has 88 valence electrons. The van der Waals surface area contributed by atoms with Crippen LogP contribution in [0.3, 0.4) is 0 Å². The van der Waals surface area contributed by atoms with Gasteiger partial charge < -0.3 is 9.64 Å². The van der Waals surface area contributed by atoms with Gasteiger partial charge in [0, 0.05) is 26.4 Å². The molecule has 1 aromatic rings.